The largest absolute Gasteiger partial charge is 0.317 e. The highest BCUT2D eigenvalue weighted by atomic mass is 32.2. The standard InChI is InChI=1S/C21H24N2O2S2/c1-14-5-4-6-17(8-14)11-23(18-9-15(2)7-16(3)10-18)21-22-19-12-27(24,25)13-20(19)26-21/h4-10,19-20H,11-13H2,1-3H3/t19-,20-/m0/s1. The quantitative estimate of drug-likeness (QED) is 0.784. The summed E-state index contributed by atoms with van der Waals surface area (Å²) < 4.78 is 23.8. The van der Waals surface area contributed by atoms with Crippen LogP contribution in [0.3, 0.4) is 0 Å². The van der Waals surface area contributed by atoms with Gasteiger partial charge in [-0.15, -0.1) is 0 Å². The first kappa shape index (κ1) is 18.6. The summed E-state index contributed by atoms with van der Waals surface area (Å²) in [4.78, 5) is 7.07. The average molecular weight is 401 g/mol. The van der Waals surface area contributed by atoms with Crippen LogP contribution in [0.25, 0.3) is 0 Å². The Kier molecular flexibility index (Phi) is 4.80. The number of nitrogens with zero attached hydrogens (tertiary/aromatic N) is 2. The zero-order valence-corrected chi connectivity index (χ0v) is 17.5. The number of amidine groups is 1. The molecule has 0 aliphatic carbocycles. The number of benzene rings is 2. The van der Waals surface area contributed by atoms with Crippen molar-refractivity contribution in [1.29, 1.82) is 0 Å². The van der Waals surface area contributed by atoms with E-state index < -0.39 is 9.84 Å². The van der Waals surface area contributed by atoms with Crippen LogP contribution in [0.1, 0.15) is 22.3 Å². The van der Waals surface area contributed by atoms with Crippen LogP contribution in [0.4, 0.5) is 5.69 Å². The van der Waals surface area contributed by atoms with Gasteiger partial charge in [-0.05, 0) is 49.6 Å². The normalized spacial score (nSPS) is 23.1. The van der Waals surface area contributed by atoms with Crippen molar-refractivity contribution in [2.75, 3.05) is 16.4 Å². The number of aryl methyl sites for hydroxylation is 3. The number of anilines is 1. The fraction of sp³-hybridized carbons (Fsp3) is 0.381. The molecule has 0 bridgehead atoms. The molecule has 0 radical (unpaired) electrons. The molecular weight excluding hydrogens is 376 g/mol. The number of hydrogen-bond acceptors (Lipinski definition) is 5. The Hall–Kier alpha value is -1.79. The maximum Gasteiger partial charge on any atom is 0.164 e. The van der Waals surface area contributed by atoms with Crippen molar-refractivity contribution in [2.24, 2.45) is 4.99 Å². The molecule has 6 heteroatoms. The van der Waals surface area contributed by atoms with E-state index in [0.717, 1.165) is 17.4 Å². The van der Waals surface area contributed by atoms with Crippen molar-refractivity contribution in [3.05, 3.63) is 64.7 Å². The minimum Gasteiger partial charge on any atom is -0.317 e. The Bertz CT molecular complexity index is 994. The first-order valence-corrected chi connectivity index (χ1v) is 11.9. The van der Waals surface area contributed by atoms with E-state index in [0.29, 0.717) is 0 Å². The number of rotatable bonds is 3. The summed E-state index contributed by atoms with van der Waals surface area (Å²) in [7, 11) is -2.94. The summed E-state index contributed by atoms with van der Waals surface area (Å²) in [6, 6.07) is 14.9. The van der Waals surface area contributed by atoms with E-state index in [4.69, 9.17) is 4.99 Å². The molecule has 2 aromatic carbocycles. The molecule has 4 rings (SSSR count). The third-order valence-electron chi connectivity index (χ3n) is 4.98. The molecule has 2 aliphatic heterocycles. The van der Waals surface area contributed by atoms with E-state index in [1.165, 1.54) is 22.3 Å². The molecule has 0 unspecified atom stereocenters. The second kappa shape index (κ2) is 6.99. The number of fused-ring (bicyclic) bond motifs is 1. The lowest BCUT2D eigenvalue weighted by molar-refractivity contribution is 0.601. The van der Waals surface area contributed by atoms with E-state index in [9.17, 15) is 8.42 Å². The van der Waals surface area contributed by atoms with Crippen molar-refractivity contribution < 1.29 is 8.42 Å². The van der Waals surface area contributed by atoms with Gasteiger partial charge in [0.25, 0.3) is 0 Å². The number of hydrogen-bond donors (Lipinski definition) is 0. The van der Waals surface area contributed by atoms with Crippen molar-refractivity contribution >= 4 is 32.5 Å². The van der Waals surface area contributed by atoms with Gasteiger partial charge in [0.1, 0.15) is 0 Å². The Morgan fingerprint density at radius 2 is 1.78 bits per heavy atom. The van der Waals surface area contributed by atoms with Crippen LogP contribution >= 0.6 is 11.8 Å². The van der Waals surface area contributed by atoms with Gasteiger partial charge in [-0.3, -0.25) is 4.99 Å². The summed E-state index contributed by atoms with van der Waals surface area (Å²) in [6.07, 6.45) is 0. The maximum absolute atomic E-state index is 11.9. The number of thioether (sulfide) groups is 1. The van der Waals surface area contributed by atoms with Crippen molar-refractivity contribution in [3.63, 3.8) is 0 Å². The molecule has 0 amide bonds. The van der Waals surface area contributed by atoms with Gasteiger partial charge in [-0.2, -0.15) is 0 Å². The lowest BCUT2D eigenvalue weighted by Gasteiger charge is -2.26. The minimum absolute atomic E-state index is 0.0518. The van der Waals surface area contributed by atoms with E-state index in [1.807, 2.05) is 0 Å². The summed E-state index contributed by atoms with van der Waals surface area (Å²) in [6.45, 7) is 7.03. The molecule has 1 fully saturated rings. The van der Waals surface area contributed by atoms with Gasteiger partial charge in [-0.25, -0.2) is 8.42 Å². The fourth-order valence-corrected chi connectivity index (χ4v) is 7.62. The molecule has 1 saturated heterocycles. The van der Waals surface area contributed by atoms with Crippen LogP contribution in [0.5, 0.6) is 0 Å². The topological polar surface area (TPSA) is 49.7 Å². The molecule has 2 atom stereocenters. The molecule has 0 spiro atoms. The lowest BCUT2D eigenvalue weighted by atomic mass is 10.1. The first-order valence-electron chi connectivity index (χ1n) is 9.15. The zero-order valence-electron chi connectivity index (χ0n) is 15.8. The summed E-state index contributed by atoms with van der Waals surface area (Å²) in [5.41, 5.74) is 6.00. The first-order chi connectivity index (χ1) is 12.8. The second-order valence-corrected chi connectivity index (χ2v) is 11.0. The summed E-state index contributed by atoms with van der Waals surface area (Å²) in [5.74, 6) is 0.416. The van der Waals surface area contributed by atoms with E-state index in [2.05, 4.69) is 68.1 Å². The van der Waals surface area contributed by atoms with Crippen molar-refractivity contribution in [1.82, 2.24) is 0 Å². The van der Waals surface area contributed by atoms with Crippen LogP contribution in [0.15, 0.2) is 47.5 Å². The Morgan fingerprint density at radius 1 is 1.04 bits per heavy atom. The molecule has 142 valence electrons. The van der Waals surface area contributed by atoms with Gasteiger partial charge in [0.15, 0.2) is 15.0 Å². The van der Waals surface area contributed by atoms with Crippen LogP contribution < -0.4 is 4.90 Å². The summed E-state index contributed by atoms with van der Waals surface area (Å²) >= 11 is 1.62. The third kappa shape index (κ3) is 4.06. The van der Waals surface area contributed by atoms with E-state index in [1.54, 1.807) is 11.8 Å². The van der Waals surface area contributed by atoms with Gasteiger partial charge >= 0.3 is 0 Å². The SMILES string of the molecule is Cc1cccc(CN(C2=N[C@H]3CS(=O)(=O)C[C@@H]3S2)c2cc(C)cc(C)c2)c1. The zero-order chi connectivity index (χ0) is 19.2. The van der Waals surface area contributed by atoms with Gasteiger partial charge in [-0.1, -0.05) is 47.7 Å². The van der Waals surface area contributed by atoms with Crippen LogP contribution in [0, 0.1) is 20.8 Å². The molecule has 0 N–H and O–H groups in total. The minimum atomic E-state index is -2.94. The van der Waals surface area contributed by atoms with Gasteiger partial charge in [0.2, 0.25) is 0 Å². The molecule has 4 nitrogen and oxygen atoms in total. The molecule has 2 aromatic rings. The van der Waals surface area contributed by atoms with Gasteiger partial charge < -0.3 is 4.90 Å². The summed E-state index contributed by atoms with van der Waals surface area (Å²) in [5, 5.41) is 0.988. The number of sulfone groups is 1. The predicted molar refractivity (Wildman–Crippen MR) is 115 cm³/mol. The molecule has 0 saturated carbocycles. The Morgan fingerprint density at radius 3 is 2.44 bits per heavy atom. The molecular formula is C21H24N2O2S2. The highest BCUT2D eigenvalue weighted by molar-refractivity contribution is 8.15. The lowest BCUT2D eigenvalue weighted by Crippen LogP contribution is -2.28. The molecule has 2 aliphatic rings. The monoisotopic (exact) mass is 400 g/mol. The van der Waals surface area contributed by atoms with E-state index in [-0.39, 0.29) is 22.8 Å². The van der Waals surface area contributed by atoms with Crippen LogP contribution in [0.2, 0.25) is 0 Å². The average Bonchev–Trinajstić information content (AvgIpc) is 3.05. The molecule has 0 aromatic heterocycles. The van der Waals surface area contributed by atoms with Crippen LogP contribution in [-0.4, -0.2) is 36.4 Å². The van der Waals surface area contributed by atoms with Crippen molar-refractivity contribution in [3.8, 4) is 0 Å². The molecule has 2 heterocycles. The van der Waals surface area contributed by atoms with Crippen molar-refractivity contribution in [2.45, 2.75) is 38.6 Å². The van der Waals surface area contributed by atoms with Gasteiger partial charge in [0, 0.05) is 10.9 Å². The van der Waals surface area contributed by atoms with E-state index >= 15 is 0 Å². The maximum atomic E-state index is 11.9. The highest BCUT2D eigenvalue weighted by Gasteiger charge is 2.44. The highest BCUT2D eigenvalue weighted by Crippen LogP contribution is 2.37. The van der Waals surface area contributed by atoms with Crippen LogP contribution in [-0.2, 0) is 16.4 Å². The van der Waals surface area contributed by atoms with Gasteiger partial charge in [0.05, 0.1) is 24.1 Å². The Balaban J connectivity index is 1.70. The third-order valence-corrected chi connectivity index (χ3v) is 8.22. The second-order valence-electron chi connectivity index (χ2n) is 7.63. The number of aliphatic imine (C=N–C) groups is 1. The predicted octanol–water partition coefficient (Wildman–Crippen LogP) is 3.89. The Labute approximate surface area is 165 Å². The smallest absolute Gasteiger partial charge is 0.164 e. The molecule has 27 heavy (non-hydrogen) atoms. The fourth-order valence-electron chi connectivity index (χ4n) is 3.84.